The maximum Gasteiger partial charge on any atom is 0.157 e. The van der Waals surface area contributed by atoms with Crippen molar-refractivity contribution >= 4 is 17.2 Å². The van der Waals surface area contributed by atoms with Crippen molar-refractivity contribution in [3.63, 3.8) is 0 Å². The number of aromatic nitrogens is 3. The predicted molar refractivity (Wildman–Crippen MR) is 63.8 cm³/mol. The second-order valence-electron chi connectivity index (χ2n) is 4.42. The van der Waals surface area contributed by atoms with E-state index in [0.29, 0.717) is 11.1 Å². The van der Waals surface area contributed by atoms with Crippen LogP contribution in [0, 0.1) is 0 Å². The molecule has 3 nitrogen and oxygen atoms in total. The van der Waals surface area contributed by atoms with Gasteiger partial charge in [-0.1, -0.05) is 36.9 Å². The highest BCUT2D eigenvalue weighted by Crippen LogP contribution is 2.31. The van der Waals surface area contributed by atoms with E-state index in [2.05, 4.69) is 10.1 Å². The van der Waals surface area contributed by atoms with E-state index in [1.165, 1.54) is 32.1 Å². The zero-order valence-electron chi connectivity index (χ0n) is 9.06. The van der Waals surface area contributed by atoms with Gasteiger partial charge in [0.25, 0.3) is 0 Å². The summed E-state index contributed by atoms with van der Waals surface area (Å²) in [7, 11) is 0. The Balaban J connectivity index is 2.01. The van der Waals surface area contributed by atoms with Gasteiger partial charge in [-0.15, -0.1) is 5.10 Å². The summed E-state index contributed by atoms with van der Waals surface area (Å²) in [6.45, 7) is 0. The van der Waals surface area contributed by atoms with E-state index >= 15 is 0 Å². The van der Waals surface area contributed by atoms with Crippen LogP contribution in [0.3, 0.4) is 0 Å². The maximum atomic E-state index is 6.07. The third-order valence-corrected chi connectivity index (χ3v) is 3.59. The van der Waals surface area contributed by atoms with Gasteiger partial charge in [-0.05, 0) is 25.0 Å². The fraction of sp³-hybridized carbons (Fsp3) is 0.500. The zero-order valence-corrected chi connectivity index (χ0v) is 9.82. The van der Waals surface area contributed by atoms with Crippen LogP contribution >= 0.6 is 11.6 Å². The van der Waals surface area contributed by atoms with Crippen LogP contribution in [0.4, 0.5) is 0 Å². The molecule has 0 unspecified atom stereocenters. The van der Waals surface area contributed by atoms with E-state index in [0.717, 1.165) is 11.5 Å². The highest BCUT2D eigenvalue weighted by atomic mass is 35.5. The lowest BCUT2D eigenvalue weighted by molar-refractivity contribution is 0.429. The molecule has 0 aromatic carbocycles. The van der Waals surface area contributed by atoms with Gasteiger partial charge in [-0.2, -0.15) is 0 Å². The summed E-state index contributed by atoms with van der Waals surface area (Å²) in [5, 5.41) is 5.14. The van der Waals surface area contributed by atoms with Crippen LogP contribution in [0.2, 0.25) is 5.15 Å². The molecule has 3 rings (SSSR count). The number of fused-ring (bicyclic) bond motifs is 1. The van der Waals surface area contributed by atoms with Gasteiger partial charge in [0.05, 0.1) is 0 Å². The molecule has 1 saturated carbocycles. The van der Waals surface area contributed by atoms with Crippen LogP contribution in [0.15, 0.2) is 18.2 Å². The molecule has 0 amide bonds. The first kappa shape index (κ1) is 10.1. The number of pyridine rings is 1. The molecule has 0 atom stereocenters. The van der Waals surface area contributed by atoms with E-state index < -0.39 is 0 Å². The van der Waals surface area contributed by atoms with Gasteiger partial charge in [-0.3, -0.25) is 0 Å². The number of hydrogen-bond donors (Lipinski definition) is 0. The molecule has 0 radical (unpaired) electrons. The summed E-state index contributed by atoms with van der Waals surface area (Å²) in [5.41, 5.74) is 0.855. The van der Waals surface area contributed by atoms with Crippen molar-refractivity contribution in [3.8, 4) is 0 Å². The van der Waals surface area contributed by atoms with E-state index in [-0.39, 0.29) is 0 Å². The topological polar surface area (TPSA) is 30.2 Å². The summed E-state index contributed by atoms with van der Waals surface area (Å²) < 4.78 is 1.73. The van der Waals surface area contributed by atoms with Gasteiger partial charge in [0, 0.05) is 5.92 Å². The Labute approximate surface area is 99.4 Å². The summed E-state index contributed by atoms with van der Waals surface area (Å²) in [6.07, 6.45) is 6.38. The Bertz CT molecular complexity index is 500. The second kappa shape index (κ2) is 4.06. The fourth-order valence-electron chi connectivity index (χ4n) is 2.42. The Morgan fingerprint density at radius 3 is 2.75 bits per heavy atom. The quantitative estimate of drug-likeness (QED) is 0.709. The number of hydrogen-bond acceptors (Lipinski definition) is 2. The van der Waals surface area contributed by atoms with Crippen molar-refractivity contribution in [2.45, 2.75) is 38.0 Å². The van der Waals surface area contributed by atoms with Crippen molar-refractivity contribution in [2.24, 2.45) is 0 Å². The van der Waals surface area contributed by atoms with Crippen molar-refractivity contribution in [3.05, 3.63) is 29.2 Å². The zero-order chi connectivity index (χ0) is 11.0. The Hall–Kier alpha value is -1.09. The molecule has 4 heteroatoms. The molecule has 0 aliphatic heterocycles. The third kappa shape index (κ3) is 1.69. The van der Waals surface area contributed by atoms with Crippen LogP contribution < -0.4 is 0 Å². The van der Waals surface area contributed by atoms with E-state index in [4.69, 9.17) is 11.6 Å². The minimum Gasteiger partial charge on any atom is -0.212 e. The normalized spacial score (nSPS) is 18.1. The van der Waals surface area contributed by atoms with Crippen LogP contribution in [-0.4, -0.2) is 14.6 Å². The van der Waals surface area contributed by atoms with Gasteiger partial charge in [0.1, 0.15) is 5.15 Å². The predicted octanol–water partition coefficient (Wildman–Crippen LogP) is 3.43. The van der Waals surface area contributed by atoms with Crippen molar-refractivity contribution in [1.82, 2.24) is 14.6 Å². The average molecular weight is 236 g/mol. The Morgan fingerprint density at radius 2 is 2.00 bits per heavy atom. The molecular formula is C12H14ClN3. The maximum absolute atomic E-state index is 6.07. The molecule has 0 N–H and O–H groups in total. The largest absolute Gasteiger partial charge is 0.212 e. The molecule has 84 valence electrons. The highest BCUT2D eigenvalue weighted by Gasteiger charge is 2.20. The standard InChI is InChI=1S/C12H14ClN3/c13-10-7-4-8-11-14-12(15-16(10)11)9-5-2-1-3-6-9/h4,7-9H,1-3,5-6H2. The average Bonchev–Trinajstić information content (AvgIpc) is 2.76. The summed E-state index contributed by atoms with van der Waals surface area (Å²) in [5.74, 6) is 1.50. The van der Waals surface area contributed by atoms with E-state index in [9.17, 15) is 0 Å². The molecule has 0 spiro atoms. The smallest absolute Gasteiger partial charge is 0.157 e. The molecule has 2 heterocycles. The van der Waals surface area contributed by atoms with Gasteiger partial charge < -0.3 is 0 Å². The van der Waals surface area contributed by atoms with Crippen molar-refractivity contribution in [1.29, 1.82) is 0 Å². The molecule has 1 aliphatic carbocycles. The Morgan fingerprint density at radius 1 is 1.19 bits per heavy atom. The van der Waals surface area contributed by atoms with Crippen LogP contribution in [-0.2, 0) is 0 Å². The van der Waals surface area contributed by atoms with Gasteiger partial charge >= 0.3 is 0 Å². The lowest BCUT2D eigenvalue weighted by Gasteiger charge is -2.17. The van der Waals surface area contributed by atoms with Gasteiger partial charge in [-0.25, -0.2) is 9.50 Å². The first-order chi connectivity index (χ1) is 7.84. The second-order valence-corrected chi connectivity index (χ2v) is 4.81. The minimum atomic E-state index is 0.532. The van der Waals surface area contributed by atoms with Crippen LogP contribution in [0.5, 0.6) is 0 Å². The van der Waals surface area contributed by atoms with E-state index in [1.807, 2.05) is 18.2 Å². The summed E-state index contributed by atoms with van der Waals surface area (Å²) in [6, 6.07) is 5.70. The SMILES string of the molecule is Clc1cccc2nc(C3CCCCC3)nn12. The van der Waals surface area contributed by atoms with Crippen LogP contribution in [0.25, 0.3) is 5.65 Å². The fourth-order valence-corrected chi connectivity index (χ4v) is 2.62. The minimum absolute atomic E-state index is 0.532. The van der Waals surface area contributed by atoms with Gasteiger partial charge in [0.15, 0.2) is 11.5 Å². The molecule has 1 aliphatic rings. The molecule has 1 fully saturated rings. The first-order valence-corrected chi connectivity index (χ1v) is 6.23. The number of halogens is 1. The van der Waals surface area contributed by atoms with Crippen LogP contribution in [0.1, 0.15) is 43.8 Å². The molecule has 2 aromatic rings. The van der Waals surface area contributed by atoms with Gasteiger partial charge in [0.2, 0.25) is 0 Å². The third-order valence-electron chi connectivity index (χ3n) is 3.30. The summed E-state index contributed by atoms with van der Waals surface area (Å²) in [4.78, 5) is 4.56. The van der Waals surface area contributed by atoms with Crippen molar-refractivity contribution in [2.75, 3.05) is 0 Å². The summed E-state index contributed by atoms with van der Waals surface area (Å²) >= 11 is 6.07. The van der Waals surface area contributed by atoms with Crippen molar-refractivity contribution < 1.29 is 0 Å². The molecular weight excluding hydrogens is 222 g/mol. The lowest BCUT2D eigenvalue weighted by atomic mass is 9.89. The number of rotatable bonds is 1. The molecule has 16 heavy (non-hydrogen) atoms. The Kier molecular flexibility index (Phi) is 2.56. The number of nitrogens with zero attached hydrogens (tertiary/aromatic N) is 3. The van der Waals surface area contributed by atoms with E-state index in [1.54, 1.807) is 4.52 Å². The lowest BCUT2D eigenvalue weighted by Crippen LogP contribution is -2.06. The first-order valence-electron chi connectivity index (χ1n) is 5.86. The molecule has 2 aromatic heterocycles. The highest BCUT2D eigenvalue weighted by molar-refractivity contribution is 6.29. The molecule has 0 bridgehead atoms. The molecule has 0 saturated heterocycles. The monoisotopic (exact) mass is 235 g/mol.